The SMILES string of the molecule is CC(C)CCCC(C)C1CCC2C3Cc4nnnn4C4CCCCC4(C)C3CCC12C. The molecule has 8 atom stereocenters. The molecule has 3 fully saturated rings. The summed E-state index contributed by atoms with van der Waals surface area (Å²) < 4.78 is 2.29. The summed E-state index contributed by atoms with van der Waals surface area (Å²) in [6, 6.07) is 0.526. The van der Waals surface area contributed by atoms with E-state index in [1.54, 1.807) is 0 Å². The molecule has 174 valence electrons. The maximum Gasteiger partial charge on any atom is 0.151 e. The molecule has 1 aliphatic heterocycles. The van der Waals surface area contributed by atoms with Crippen LogP contribution in [0.15, 0.2) is 0 Å². The normalized spacial score (nSPS) is 43.0. The molecule has 0 amide bonds. The predicted molar refractivity (Wildman–Crippen MR) is 126 cm³/mol. The van der Waals surface area contributed by atoms with Crippen LogP contribution in [0.25, 0.3) is 0 Å². The van der Waals surface area contributed by atoms with Crippen LogP contribution in [0.5, 0.6) is 0 Å². The quantitative estimate of drug-likeness (QED) is 0.516. The first-order valence-electron chi connectivity index (χ1n) is 13.6. The van der Waals surface area contributed by atoms with Gasteiger partial charge in [0.2, 0.25) is 0 Å². The second-order valence-corrected chi connectivity index (χ2v) is 12.9. The highest BCUT2D eigenvalue weighted by Crippen LogP contribution is 2.67. The van der Waals surface area contributed by atoms with E-state index in [0.29, 0.717) is 16.9 Å². The molecule has 0 bridgehead atoms. The van der Waals surface area contributed by atoms with Crippen LogP contribution in [0.2, 0.25) is 0 Å². The van der Waals surface area contributed by atoms with E-state index in [0.717, 1.165) is 41.9 Å². The van der Waals surface area contributed by atoms with Gasteiger partial charge in [-0.15, -0.1) is 5.10 Å². The molecular weight excluding hydrogens is 380 g/mol. The fourth-order valence-corrected chi connectivity index (χ4v) is 9.39. The zero-order valence-electron chi connectivity index (χ0n) is 20.8. The van der Waals surface area contributed by atoms with Crippen LogP contribution < -0.4 is 0 Å². The minimum atomic E-state index is 0.381. The first kappa shape index (κ1) is 21.9. The lowest BCUT2D eigenvalue weighted by molar-refractivity contribution is -0.0710. The van der Waals surface area contributed by atoms with Gasteiger partial charge in [0.05, 0.1) is 6.04 Å². The monoisotopic (exact) mass is 426 g/mol. The van der Waals surface area contributed by atoms with Gasteiger partial charge < -0.3 is 0 Å². The van der Waals surface area contributed by atoms with Gasteiger partial charge in [-0.05, 0) is 95.3 Å². The predicted octanol–water partition coefficient (Wildman–Crippen LogP) is 6.87. The van der Waals surface area contributed by atoms with Crippen LogP contribution in [-0.4, -0.2) is 20.2 Å². The number of tetrazole rings is 1. The Hall–Kier alpha value is -0.930. The molecular formula is C27H46N4. The van der Waals surface area contributed by atoms with Crippen molar-refractivity contribution in [3.8, 4) is 0 Å². The lowest BCUT2D eigenvalue weighted by atomic mass is 9.49. The molecule has 0 aromatic carbocycles. The minimum absolute atomic E-state index is 0.381. The number of nitrogens with zero attached hydrogens (tertiary/aromatic N) is 4. The Morgan fingerprint density at radius 2 is 1.74 bits per heavy atom. The summed E-state index contributed by atoms with van der Waals surface area (Å²) in [5.74, 6) is 6.32. The molecule has 4 heteroatoms. The van der Waals surface area contributed by atoms with E-state index in [9.17, 15) is 0 Å². The lowest BCUT2D eigenvalue weighted by Crippen LogP contribution is -2.49. The molecule has 3 aliphatic carbocycles. The molecule has 0 radical (unpaired) electrons. The molecule has 4 nitrogen and oxygen atoms in total. The Morgan fingerprint density at radius 1 is 0.935 bits per heavy atom. The summed E-state index contributed by atoms with van der Waals surface area (Å²) in [7, 11) is 0. The van der Waals surface area contributed by atoms with Gasteiger partial charge in [0.1, 0.15) is 0 Å². The van der Waals surface area contributed by atoms with Gasteiger partial charge in [-0.3, -0.25) is 0 Å². The van der Waals surface area contributed by atoms with Crippen molar-refractivity contribution >= 4 is 0 Å². The molecule has 1 aromatic heterocycles. The maximum atomic E-state index is 4.58. The highest BCUT2D eigenvalue weighted by Gasteiger charge is 2.60. The Balaban J connectivity index is 1.41. The molecule has 0 saturated heterocycles. The van der Waals surface area contributed by atoms with Crippen molar-refractivity contribution < 1.29 is 0 Å². The van der Waals surface area contributed by atoms with Crippen LogP contribution in [-0.2, 0) is 6.42 Å². The van der Waals surface area contributed by atoms with Gasteiger partial charge in [0.15, 0.2) is 5.82 Å². The smallest absolute Gasteiger partial charge is 0.151 e. The summed E-state index contributed by atoms with van der Waals surface area (Å²) in [5, 5.41) is 13.3. The molecule has 0 spiro atoms. The second kappa shape index (κ2) is 8.13. The van der Waals surface area contributed by atoms with Crippen molar-refractivity contribution in [1.82, 2.24) is 20.2 Å². The van der Waals surface area contributed by atoms with Crippen molar-refractivity contribution in [1.29, 1.82) is 0 Å². The van der Waals surface area contributed by atoms with Crippen molar-refractivity contribution in [3.05, 3.63) is 5.82 Å². The Kier molecular flexibility index (Phi) is 5.74. The fraction of sp³-hybridized carbons (Fsp3) is 0.963. The largest absolute Gasteiger partial charge is 0.226 e. The standard InChI is InChI=1S/C27H46N4/c1-18(2)9-8-10-19(3)21-12-13-22-20-17-25-28-29-30-31(25)24-11-6-7-15-27(24,5)23(20)14-16-26(21,22)4/h18-24H,6-17H2,1-5H3. The van der Waals surface area contributed by atoms with Gasteiger partial charge >= 0.3 is 0 Å². The average Bonchev–Trinajstić information content (AvgIpc) is 3.29. The zero-order chi connectivity index (χ0) is 21.8. The highest BCUT2D eigenvalue weighted by atomic mass is 15.6. The van der Waals surface area contributed by atoms with Gasteiger partial charge in [-0.1, -0.05) is 66.7 Å². The average molecular weight is 427 g/mol. The Morgan fingerprint density at radius 3 is 2.55 bits per heavy atom. The fourth-order valence-electron chi connectivity index (χ4n) is 9.39. The van der Waals surface area contributed by atoms with E-state index in [1.165, 1.54) is 76.5 Å². The second-order valence-electron chi connectivity index (χ2n) is 12.9. The molecule has 8 unspecified atom stereocenters. The van der Waals surface area contributed by atoms with Crippen molar-refractivity contribution in [3.63, 3.8) is 0 Å². The molecule has 5 rings (SSSR count). The first-order chi connectivity index (χ1) is 14.8. The van der Waals surface area contributed by atoms with Gasteiger partial charge in [-0.25, -0.2) is 4.68 Å². The number of rotatable bonds is 5. The number of fused-ring (bicyclic) bond motifs is 7. The van der Waals surface area contributed by atoms with Gasteiger partial charge in [0.25, 0.3) is 0 Å². The summed E-state index contributed by atoms with van der Waals surface area (Å²) in [6.45, 7) is 12.6. The Labute approximate surface area is 190 Å². The summed E-state index contributed by atoms with van der Waals surface area (Å²) in [5.41, 5.74) is 0.910. The maximum absolute atomic E-state index is 4.58. The molecule has 2 heterocycles. The highest BCUT2D eigenvalue weighted by molar-refractivity contribution is 5.12. The molecule has 0 N–H and O–H groups in total. The van der Waals surface area contributed by atoms with E-state index in [4.69, 9.17) is 0 Å². The first-order valence-corrected chi connectivity index (χ1v) is 13.6. The molecule has 3 saturated carbocycles. The molecule has 1 aromatic rings. The molecule has 31 heavy (non-hydrogen) atoms. The van der Waals surface area contributed by atoms with Crippen LogP contribution in [0.3, 0.4) is 0 Å². The summed E-state index contributed by atoms with van der Waals surface area (Å²) >= 11 is 0. The van der Waals surface area contributed by atoms with E-state index in [2.05, 4.69) is 54.8 Å². The van der Waals surface area contributed by atoms with Gasteiger partial charge in [-0.2, -0.15) is 0 Å². The summed E-state index contributed by atoms with van der Waals surface area (Å²) in [4.78, 5) is 0. The third-order valence-corrected chi connectivity index (χ3v) is 11.0. The van der Waals surface area contributed by atoms with Crippen molar-refractivity contribution in [2.24, 2.45) is 46.3 Å². The third-order valence-electron chi connectivity index (χ3n) is 11.0. The topological polar surface area (TPSA) is 43.6 Å². The molecule has 4 aliphatic rings. The zero-order valence-corrected chi connectivity index (χ0v) is 20.8. The van der Waals surface area contributed by atoms with E-state index in [-0.39, 0.29) is 0 Å². The van der Waals surface area contributed by atoms with Crippen LogP contribution >= 0.6 is 0 Å². The Bertz CT molecular complexity index is 771. The van der Waals surface area contributed by atoms with Crippen LogP contribution in [0, 0.1) is 46.3 Å². The van der Waals surface area contributed by atoms with Crippen LogP contribution in [0.4, 0.5) is 0 Å². The van der Waals surface area contributed by atoms with Gasteiger partial charge in [0, 0.05) is 6.42 Å². The summed E-state index contributed by atoms with van der Waals surface area (Å²) in [6.07, 6.45) is 16.5. The number of aromatic nitrogens is 4. The van der Waals surface area contributed by atoms with E-state index >= 15 is 0 Å². The lowest BCUT2D eigenvalue weighted by Gasteiger charge is -2.56. The van der Waals surface area contributed by atoms with E-state index < -0.39 is 0 Å². The number of hydrogen-bond acceptors (Lipinski definition) is 3. The van der Waals surface area contributed by atoms with Crippen molar-refractivity contribution in [2.75, 3.05) is 0 Å². The van der Waals surface area contributed by atoms with E-state index in [1.807, 2.05) is 0 Å². The van der Waals surface area contributed by atoms with Crippen molar-refractivity contribution in [2.45, 2.75) is 118 Å². The third kappa shape index (κ3) is 3.50. The number of hydrogen-bond donors (Lipinski definition) is 0. The minimum Gasteiger partial charge on any atom is -0.226 e. The van der Waals surface area contributed by atoms with Crippen LogP contribution in [0.1, 0.15) is 117 Å².